The molecule has 0 atom stereocenters. The van der Waals surface area contributed by atoms with Gasteiger partial charge in [0, 0.05) is 19.2 Å². The van der Waals surface area contributed by atoms with Crippen molar-refractivity contribution >= 4 is 12.6 Å². The van der Waals surface area contributed by atoms with Gasteiger partial charge in [0.05, 0.1) is 0 Å². The van der Waals surface area contributed by atoms with E-state index in [0.29, 0.717) is 11.7 Å². The summed E-state index contributed by atoms with van der Waals surface area (Å²) in [5.41, 5.74) is 0.773. The molecular formula is C8H16N4. The monoisotopic (exact) mass is 168 g/mol. The molecule has 4 nitrogen and oxygen atoms in total. The molecule has 0 heterocycles. The SMILES string of the molecule is C=N/C(NCC)=C(/C)C(=N)NC. The van der Waals surface area contributed by atoms with Gasteiger partial charge in [-0.2, -0.15) is 0 Å². The van der Waals surface area contributed by atoms with Crippen molar-refractivity contribution in [3.05, 3.63) is 11.4 Å². The van der Waals surface area contributed by atoms with Crippen LogP contribution in [0.5, 0.6) is 0 Å². The lowest BCUT2D eigenvalue weighted by atomic mass is 10.2. The maximum Gasteiger partial charge on any atom is 0.131 e. The van der Waals surface area contributed by atoms with Crippen molar-refractivity contribution in [3.8, 4) is 0 Å². The lowest BCUT2D eigenvalue weighted by Crippen LogP contribution is -2.22. The van der Waals surface area contributed by atoms with Crippen LogP contribution in [0.2, 0.25) is 0 Å². The molecule has 3 N–H and O–H groups in total. The van der Waals surface area contributed by atoms with E-state index in [4.69, 9.17) is 5.41 Å². The van der Waals surface area contributed by atoms with Crippen molar-refractivity contribution in [2.75, 3.05) is 13.6 Å². The van der Waals surface area contributed by atoms with Crippen molar-refractivity contribution in [2.24, 2.45) is 4.99 Å². The van der Waals surface area contributed by atoms with Gasteiger partial charge in [-0.3, -0.25) is 5.41 Å². The molecule has 4 heteroatoms. The average Bonchev–Trinajstić information content (AvgIpc) is 2.11. The van der Waals surface area contributed by atoms with E-state index >= 15 is 0 Å². The van der Waals surface area contributed by atoms with Crippen molar-refractivity contribution in [1.82, 2.24) is 10.6 Å². The number of hydrogen-bond donors (Lipinski definition) is 3. The fourth-order valence-electron chi connectivity index (χ4n) is 0.780. The second-order valence-electron chi connectivity index (χ2n) is 2.29. The summed E-state index contributed by atoms with van der Waals surface area (Å²) in [7, 11) is 1.71. The largest absolute Gasteiger partial charge is 0.373 e. The third-order valence-corrected chi connectivity index (χ3v) is 1.48. The molecule has 0 aliphatic carbocycles. The maximum atomic E-state index is 7.46. The Morgan fingerprint density at radius 2 is 2.17 bits per heavy atom. The Labute approximate surface area is 73.3 Å². The zero-order valence-electron chi connectivity index (χ0n) is 7.86. The van der Waals surface area contributed by atoms with Gasteiger partial charge < -0.3 is 10.6 Å². The van der Waals surface area contributed by atoms with Crippen molar-refractivity contribution in [3.63, 3.8) is 0 Å². The molecule has 0 spiro atoms. The predicted octanol–water partition coefficient (Wildman–Crippen LogP) is 0.725. The normalized spacial score (nSPS) is 11.6. The third kappa shape index (κ3) is 2.74. The highest BCUT2D eigenvalue weighted by Gasteiger charge is 2.02. The average molecular weight is 168 g/mol. The molecule has 0 saturated heterocycles. The van der Waals surface area contributed by atoms with Crippen LogP contribution in [0.15, 0.2) is 16.4 Å². The minimum Gasteiger partial charge on any atom is -0.373 e. The first-order valence-corrected chi connectivity index (χ1v) is 3.85. The van der Waals surface area contributed by atoms with E-state index in [-0.39, 0.29) is 0 Å². The second-order valence-corrected chi connectivity index (χ2v) is 2.29. The number of hydrogen-bond acceptors (Lipinski definition) is 3. The highest BCUT2D eigenvalue weighted by atomic mass is 15.0. The molecule has 68 valence electrons. The molecule has 0 bridgehead atoms. The molecule has 0 aliphatic rings. The van der Waals surface area contributed by atoms with Crippen molar-refractivity contribution in [2.45, 2.75) is 13.8 Å². The number of amidine groups is 1. The number of aliphatic imine (C=N–C) groups is 1. The fourth-order valence-corrected chi connectivity index (χ4v) is 0.780. The highest BCUT2D eigenvalue weighted by molar-refractivity contribution is 5.95. The van der Waals surface area contributed by atoms with Crippen LogP contribution in [0.25, 0.3) is 0 Å². The van der Waals surface area contributed by atoms with Crippen LogP contribution in [0.1, 0.15) is 13.8 Å². The number of nitrogens with one attached hydrogen (secondary N) is 3. The Morgan fingerprint density at radius 1 is 1.58 bits per heavy atom. The Hall–Kier alpha value is -1.32. The van der Waals surface area contributed by atoms with Crippen molar-refractivity contribution < 1.29 is 0 Å². The third-order valence-electron chi connectivity index (χ3n) is 1.48. The van der Waals surface area contributed by atoms with Gasteiger partial charge in [0.2, 0.25) is 0 Å². The molecule has 12 heavy (non-hydrogen) atoms. The summed E-state index contributed by atoms with van der Waals surface area (Å²) in [4.78, 5) is 3.78. The quantitative estimate of drug-likeness (QED) is 0.428. The van der Waals surface area contributed by atoms with Gasteiger partial charge in [-0.15, -0.1) is 0 Å². The zero-order valence-corrected chi connectivity index (χ0v) is 7.86. The second kappa shape index (κ2) is 5.35. The molecule has 0 aromatic heterocycles. The Balaban J connectivity index is 4.58. The van der Waals surface area contributed by atoms with E-state index in [1.807, 2.05) is 13.8 Å². The van der Waals surface area contributed by atoms with Crippen LogP contribution in [-0.4, -0.2) is 26.1 Å². The fraction of sp³-hybridized carbons (Fsp3) is 0.500. The van der Waals surface area contributed by atoms with E-state index in [1.165, 1.54) is 0 Å². The smallest absolute Gasteiger partial charge is 0.131 e. The first kappa shape index (κ1) is 10.7. The number of likely N-dealkylation sites (N-methyl/N-ethyl adjacent to an activating group) is 1. The summed E-state index contributed by atoms with van der Waals surface area (Å²) in [6, 6.07) is 0. The van der Waals surface area contributed by atoms with E-state index in [2.05, 4.69) is 22.3 Å². The molecule has 0 aromatic carbocycles. The van der Waals surface area contributed by atoms with Crippen LogP contribution >= 0.6 is 0 Å². The minimum absolute atomic E-state index is 0.360. The lowest BCUT2D eigenvalue weighted by Gasteiger charge is -2.08. The van der Waals surface area contributed by atoms with Crippen LogP contribution in [-0.2, 0) is 0 Å². The van der Waals surface area contributed by atoms with Gasteiger partial charge >= 0.3 is 0 Å². The summed E-state index contributed by atoms with van der Waals surface area (Å²) in [6.45, 7) is 8.00. The Morgan fingerprint density at radius 3 is 2.50 bits per heavy atom. The molecule has 0 fully saturated rings. The standard InChI is InChI=1S/C8H16N4/c1-5-12-8(11-4)6(2)7(9)10-3/h12H,4-5H2,1-3H3,(H2,9,10)/b8-6+. The van der Waals surface area contributed by atoms with E-state index in [9.17, 15) is 0 Å². The van der Waals surface area contributed by atoms with Crippen LogP contribution in [0.3, 0.4) is 0 Å². The Kier molecular flexibility index (Phi) is 4.76. The maximum absolute atomic E-state index is 7.46. The summed E-state index contributed by atoms with van der Waals surface area (Å²) >= 11 is 0. The summed E-state index contributed by atoms with van der Waals surface area (Å²) < 4.78 is 0. The van der Waals surface area contributed by atoms with Crippen LogP contribution in [0.4, 0.5) is 0 Å². The first-order chi connectivity index (χ1) is 5.67. The summed E-state index contributed by atoms with van der Waals surface area (Å²) in [6.07, 6.45) is 0. The molecule has 0 amide bonds. The van der Waals surface area contributed by atoms with Gasteiger partial charge in [-0.05, 0) is 20.6 Å². The Bertz CT molecular complexity index is 205. The van der Waals surface area contributed by atoms with E-state index in [1.54, 1.807) is 7.05 Å². The predicted molar refractivity (Wildman–Crippen MR) is 52.7 cm³/mol. The van der Waals surface area contributed by atoms with Crippen LogP contribution < -0.4 is 10.6 Å². The zero-order chi connectivity index (χ0) is 9.56. The van der Waals surface area contributed by atoms with Crippen LogP contribution in [0, 0.1) is 5.41 Å². The number of rotatable bonds is 4. The van der Waals surface area contributed by atoms with E-state index < -0.39 is 0 Å². The topological polar surface area (TPSA) is 60.3 Å². The molecule has 0 unspecified atom stereocenters. The summed E-state index contributed by atoms with van der Waals surface area (Å²) in [5.74, 6) is 1.02. The number of nitrogens with zero attached hydrogens (tertiary/aromatic N) is 1. The van der Waals surface area contributed by atoms with Gasteiger partial charge in [-0.1, -0.05) is 0 Å². The minimum atomic E-state index is 0.360. The van der Waals surface area contributed by atoms with Crippen molar-refractivity contribution in [1.29, 1.82) is 5.41 Å². The molecule has 0 rings (SSSR count). The van der Waals surface area contributed by atoms with Gasteiger partial charge in [0.1, 0.15) is 11.7 Å². The van der Waals surface area contributed by atoms with Gasteiger partial charge in [0.15, 0.2) is 0 Å². The molecule has 0 aromatic rings. The highest BCUT2D eigenvalue weighted by Crippen LogP contribution is 2.01. The molecule has 0 saturated carbocycles. The molecule has 0 radical (unpaired) electrons. The van der Waals surface area contributed by atoms with E-state index in [0.717, 1.165) is 12.1 Å². The first-order valence-electron chi connectivity index (χ1n) is 3.85. The van der Waals surface area contributed by atoms with Gasteiger partial charge in [-0.25, -0.2) is 4.99 Å². The summed E-state index contributed by atoms with van der Waals surface area (Å²) in [5, 5.41) is 13.2. The lowest BCUT2D eigenvalue weighted by molar-refractivity contribution is 0.832. The van der Waals surface area contributed by atoms with Gasteiger partial charge in [0.25, 0.3) is 0 Å². The molecule has 0 aliphatic heterocycles. The molecular weight excluding hydrogens is 152 g/mol.